The van der Waals surface area contributed by atoms with Crippen LogP contribution in [0.1, 0.15) is 12.5 Å². The van der Waals surface area contributed by atoms with Crippen molar-refractivity contribution < 1.29 is 0 Å². The molecule has 21 heavy (non-hydrogen) atoms. The quantitative estimate of drug-likeness (QED) is 0.910. The molecule has 3 nitrogen and oxygen atoms in total. The molecule has 1 aliphatic carbocycles. The number of hydrogen-bond donors (Lipinski definition) is 1. The van der Waals surface area contributed by atoms with Crippen LogP contribution in [0.3, 0.4) is 0 Å². The molecular weight excluding hydrogens is 258 g/mol. The SMILES string of the molecule is CCc1ccccc1N1CCN(CC2C3CNCC32)CC1. The number of rotatable bonds is 4. The molecule has 0 spiro atoms. The van der Waals surface area contributed by atoms with Crippen molar-refractivity contribution in [1.82, 2.24) is 10.2 Å². The number of para-hydroxylation sites is 1. The van der Waals surface area contributed by atoms with Crippen molar-refractivity contribution in [2.45, 2.75) is 13.3 Å². The highest BCUT2D eigenvalue weighted by molar-refractivity contribution is 5.54. The fourth-order valence-electron chi connectivity index (χ4n) is 4.41. The molecule has 114 valence electrons. The van der Waals surface area contributed by atoms with E-state index < -0.39 is 0 Å². The van der Waals surface area contributed by atoms with Crippen LogP contribution < -0.4 is 10.2 Å². The summed E-state index contributed by atoms with van der Waals surface area (Å²) in [5, 5.41) is 3.50. The number of fused-ring (bicyclic) bond motifs is 1. The van der Waals surface area contributed by atoms with Crippen LogP contribution in [0.4, 0.5) is 5.69 Å². The van der Waals surface area contributed by atoms with Crippen LogP contribution in [-0.4, -0.2) is 50.7 Å². The number of aryl methyl sites for hydroxylation is 1. The van der Waals surface area contributed by atoms with Gasteiger partial charge < -0.3 is 10.2 Å². The van der Waals surface area contributed by atoms with Crippen LogP contribution in [0, 0.1) is 17.8 Å². The number of nitrogens with one attached hydrogen (secondary N) is 1. The van der Waals surface area contributed by atoms with Crippen LogP contribution in [0.2, 0.25) is 0 Å². The van der Waals surface area contributed by atoms with E-state index in [1.807, 2.05) is 0 Å². The van der Waals surface area contributed by atoms with E-state index in [0.29, 0.717) is 0 Å². The third kappa shape index (κ3) is 2.58. The zero-order valence-electron chi connectivity index (χ0n) is 13.1. The minimum absolute atomic E-state index is 1.00. The summed E-state index contributed by atoms with van der Waals surface area (Å²) in [6.45, 7) is 11.0. The molecular formula is C18H27N3. The fraction of sp³-hybridized carbons (Fsp3) is 0.667. The molecule has 3 aliphatic rings. The molecule has 0 amide bonds. The van der Waals surface area contributed by atoms with Gasteiger partial charge in [-0.2, -0.15) is 0 Å². The van der Waals surface area contributed by atoms with Gasteiger partial charge in [0, 0.05) is 38.4 Å². The lowest BCUT2D eigenvalue weighted by Gasteiger charge is -2.37. The summed E-state index contributed by atoms with van der Waals surface area (Å²) in [6.07, 6.45) is 1.13. The van der Waals surface area contributed by atoms with Crippen molar-refractivity contribution >= 4 is 5.69 Å². The summed E-state index contributed by atoms with van der Waals surface area (Å²) >= 11 is 0. The third-order valence-electron chi connectivity index (χ3n) is 5.82. The lowest BCUT2D eigenvalue weighted by Crippen LogP contribution is -2.47. The molecule has 0 bridgehead atoms. The van der Waals surface area contributed by atoms with E-state index in [2.05, 4.69) is 46.3 Å². The summed E-state index contributed by atoms with van der Waals surface area (Å²) in [7, 11) is 0. The Bertz CT molecular complexity index is 483. The summed E-state index contributed by atoms with van der Waals surface area (Å²) in [6, 6.07) is 8.92. The van der Waals surface area contributed by atoms with Gasteiger partial charge in [0.2, 0.25) is 0 Å². The van der Waals surface area contributed by atoms with E-state index in [-0.39, 0.29) is 0 Å². The smallest absolute Gasteiger partial charge is 0.0399 e. The Balaban J connectivity index is 1.32. The molecule has 3 heteroatoms. The average Bonchev–Trinajstić information content (AvgIpc) is 2.97. The van der Waals surface area contributed by atoms with Gasteiger partial charge in [0.1, 0.15) is 0 Å². The van der Waals surface area contributed by atoms with Crippen molar-refractivity contribution in [3.8, 4) is 0 Å². The van der Waals surface area contributed by atoms with Gasteiger partial charge in [0.25, 0.3) is 0 Å². The largest absolute Gasteiger partial charge is 0.369 e. The maximum atomic E-state index is 3.50. The Morgan fingerprint density at radius 1 is 1.05 bits per heavy atom. The summed E-state index contributed by atoms with van der Waals surface area (Å²) in [4.78, 5) is 5.29. The maximum absolute atomic E-state index is 3.50. The number of piperazine rings is 1. The molecule has 2 aliphatic heterocycles. The van der Waals surface area contributed by atoms with Gasteiger partial charge >= 0.3 is 0 Å². The zero-order chi connectivity index (χ0) is 14.2. The second-order valence-corrected chi connectivity index (χ2v) is 6.92. The van der Waals surface area contributed by atoms with Crippen molar-refractivity contribution in [2.24, 2.45) is 17.8 Å². The standard InChI is InChI=1S/C18H27N3/c1-2-14-5-3-4-6-18(14)21-9-7-20(8-10-21)13-17-15-11-19-12-16(15)17/h3-6,15-17,19H,2,7-13H2,1H3. The number of benzene rings is 1. The molecule has 4 rings (SSSR count). The third-order valence-corrected chi connectivity index (χ3v) is 5.82. The van der Waals surface area contributed by atoms with Crippen LogP contribution in [-0.2, 0) is 6.42 Å². The number of piperidine rings is 1. The second kappa shape index (κ2) is 5.62. The number of hydrogen-bond acceptors (Lipinski definition) is 3. The van der Waals surface area contributed by atoms with E-state index in [1.165, 1.54) is 57.1 Å². The number of anilines is 1. The van der Waals surface area contributed by atoms with E-state index in [0.717, 1.165) is 24.2 Å². The summed E-state index contributed by atoms with van der Waals surface area (Å²) in [5.41, 5.74) is 2.96. The molecule has 2 unspecified atom stereocenters. The normalized spacial score (nSPS) is 32.2. The van der Waals surface area contributed by atoms with Crippen LogP contribution in [0.5, 0.6) is 0 Å². The van der Waals surface area contributed by atoms with Crippen molar-refractivity contribution in [3.63, 3.8) is 0 Å². The van der Waals surface area contributed by atoms with Gasteiger partial charge in [-0.1, -0.05) is 25.1 Å². The minimum atomic E-state index is 1.00. The first kappa shape index (κ1) is 13.6. The highest BCUT2D eigenvalue weighted by Crippen LogP contribution is 2.48. The first-order valence-electron chi connectivity index (χ1n) is 8.62. The Labute approximate surface area is 128 Å². The number of nitrogens with zero attached hydrogens (tertiary/aromatic N) is 2. The van der Waals surface area contributed by atoms with Crippen molar-refractivity contribution in [1.29, 1.82) is 0 Å². The fourth-order valence-corrected chi connectivity index (χ4v) is 4.41. The molecule has 1 aromatic carbocycles. The van der Waals surface area contributed by atoms with E-state index in [9.17, 15) is 0 Å². The molecule has 0 aromatic heterocycles. The van der Waals surface area contributed by atoms with Gasteiger partial charge in [-0.3, -0.25) is 4.90 Å². The second-order valence-electron chi connectivity index (χ2n) is 6.92. The Kier molecular flexibility index (Phi) is 3.64. The molecule has 2 atom stereocenters. The van der Waals surface area contributed by atoms with E-state index in [4.69, 9.17) is 0 Å². The molecule has 2 saturated heterocycles. The molecule has 1 aromatic rings. The van der Waals surface area contributed by atoms with Crippen molar-refractivity contribution in [2.75, 3.05) is 50.7 Å². The molecule has 1 saturated carbocycles. The molecule has 0 radical (unpaired) electrons. The first-order valence-corrected chi connectivity index (χ1v) is 8.62. The highest BCUT2D eigenvalue weighted by Gasteiger charge is 2.52. The van der Waals surface area contributed by atoms with E-state index >= 15 is 0 Å². The molecule has 2 heterocycles. The zero-order valence-corrected chi connectivity index (χ0v) is 13.1. The van der Waals surface area contributed by atoms with Gasteiger partial charge in [-0.15, -0.1) is 0 Å². The lowest BCUT2D eigenvalue weighted by molar-refractivity contribution is 0.237. The highest BCUT2D eigenvalue weighted by atomic mass is 15.3. The minimum Gasteiger partial charge on any atom is -0.369 e. The predicted molar refractivity (Wildman–Crippen MR) is 87.8 cm³/mol. The maximum Gasteiger partial charge on any atom is 0.0399 e. The Morgan fingerprint density at radius 3 is 2.48 bits per heavy atom. The Hall–Kier alpha value is -1.06. The van der Waals surface area contributed by atoms with Gasteiger partial charge in [0.15, 0.2) is 0 Å². The van der Waals surface area contributed by atoms with E-state index in [1.54, 1.807) is 0 Å². The summed E-state index contributed by atoms with van der Waals surface area (Å²) < 4.78 is 0. The van der Waals surface area contributed by atoms with Crippen molar-refractivity contribution in [3.05, 3.63) is 29.8 Å². The lowest BCUT2D eigenvalue weighted by atomic mass is 10.1. The molecule has 3 fully saturated rings. The molecule has 1 N–H and O–H groups in total. The Morgan fingerprint density at radius 2 is 1.76 bits per heavy atom. The predicted octanol–water partition coefficient (Wildman–Crippen LogP) is 1.84. The first-order chi connectivity index (χ1) is 10.4. The average molecular weight is 285 g/mol. The monoisotopic (exact) mass is 285 g/mol. The van der Waals surface area contributed by atoms with Crippen LogP contribution >= 0.6 is 0 Å². The van der Waals surface area contributed by atoms with Gasteiger partial charge in [-0.05, 0) is 48.9 Å². The van der Waals surface area contributed by atoms with Crippen LogP contribution in [0.25, 0.3) is 0 Å². The van der Waals surface area contributed by atoms with Crippen LogP contribution in [0.15, 0.2) is 24.3 Å². The van der Waals surface area contributed by atoms with Gasteiger partial charge in [-0.25, -0.2) is 0 Å². The summed E-state index contributed by atoms with van der Waals surface area (Å²) in [5.74, 6) is 3.01. The van der Waals surface area contributed by atoms with Gasteiger partial charge in [0.05, 0.1) is 0 Å². The topological polar surface area (TPSA) is 18.5 Å².